The molecule has 120 valence electrons. The maximum atomic E-state index is 12.1. The van der Waals surface area contributed by atoms with E-state index in [1.807, 2.05) is 0 Å². The molecule has 0 unspecified atom stereocenters. The van der Waals surface area contributed by atoms with E-state index in [-0.39, 0.29) is 18.6 Å². The van der Waals surface area contributed by atoms with Gasteiger partial charge >= 0.3 is 5.97 Å². The van der Waals surface area contributed by atoms with Gasteiger partial charge in [0.2, 0.25) is 10.0 Å². The summed E-state index contributed by atoms with van der Waals surface area (Å²) in [5.74, 6) is -0.0121. The summed E-state index contributed by atoms with van der Waals surface area (Å²) in [5, 5.41) is 9.36. The quantitative estimate of drug-likeness (QED) is 0.721. The number of carbonyl (C=O) groups excluding carboxylic acids is 1. The maximum absolute atomic E-state index is 12.1. The van der Waals surface area contributed by atoms with Crippen molar-refractivity contribution >= 4 is 16.0 Å². The van der Waals surface area contributed by atoms with Gasteiger partial charge in [-0.1, -0.05) is 13.3 Å². The molecule has 0 saturated heterocycles. The molecule has 0 bridgehead atoms. The lowest BCUT2D eigenvalue weighted by atomic mass is 9.77. The smallest absolute Gasteiger partial charge is 0.305 e. The van der Waals surface area contributed by atoms with Crippen LogP contribution >= 0.6 is 0 Å². The second-order valence-electron chi connectivity index (χ2n) is 5.65. The van der Waals surface area contributed by atoms with Gasteiger partial charge in [-0.3, -0.25) is 4.79 Å². The Labute approximate surface area is 126 Å². The molecule has 0 atom stereocenters. The first-order chi connectivity index (χ1) is 9.86. The minimum atomic E-state index is -3.56. The van der Waals surface area contributed by atoms with Crippen LogP contribution in [0.4, 0.5) is 0 Å². The topological polar surface area (TPSA) is 96.3 Å². The van der Waals surface area contributed by atoms with Crippen molar-refractivity contribution in [1.82, 2.24) is 4.72 Å². The summed E-state index contributed by atoms with van der Waals surface area (Å²) in [4.78, 5) is 11.0. The average Bonchev–Trinajstić information content (AvgIpc) is 2.47. The Morgan fingerprint density at radius 3 is 2.52 bits per heavy atom. The second kappa shape index (κ2) is 7.76. The van der Waals surface area contributed by atoms with Crippen LogP contribution in [0.15, 0.2) is 0 Å². The van der Waals surface area contributed by atoms with E-state index in [2.05, 4.69) is 22.5 Å². The van der Waals surface area contributed by atoms with E-state index in [1.54, 1.807) is 0 Å². The number of nitrogens with zero attached hydrogens (tertiary/aromatic N) is 1. The summed E-state index contributed by atoms with van der Waals surface area (Å²) in [6, 6.07) is 2.15. The van der Waals surface area contributed by atoms with Gasteiger partial charge in [-0.2, -0.15) is 9.98 Å². The van der Waals surface area contributed by atoms with E-state index >= 15 is 0 Å². The second-order valence-corrected chi connectivity index (χ2v) is 7.49. The Bertz CT molecular complexity index is 488. The lowest BCUT2D eigenvalue weighted by Crippen LogP contribution is -2.50. The average molecular weight is 316 g/mol. The number of hydrogen-bond acceptors (Lipinski definition) is 5. The molecule has 6 nitrogen and oxygen atoms in total. The van der Waals surface area contributed by atoms with Crippen molar-refractivity contribution in [2.75, 3.05) is 12.9 Å². The normalized spacial score (nSPS) is 26.0. The lowest BCUT2D eigenvalue weighted by Gasteiger charge is -2.34. The number of ether oxygens (including phenoxy) is 1. The third kappa shape index (κ3) is 5.64. The summed E-state index contributed by atoms with van der Waals surface area (Å²) in [5.41, 5.74) is -0.976. The number of hydrogen-bond donors (Lipinski definition) is 1. The predicted octanol–water partition coefficient (Wildman–Crippen LogP) is 1.72. The third-order valence-corrected chi connectivity index (χ3v) is 5.65. The summed E-state index contributed by atoms with van der Waals surface area (Å²) >= 11 is 0. The molecular formula is C14H24N2O4S. The van der Waals surface area contributed by atoms with E-state index < -0.39 is 21.5 Å². The number of sulfonamides is 1. The van der Waals surface area contributed by atoms with E-state index in [0.29, 0.717) is 18.8 Å². The van der Waals surface area contributed by atoms with Crippen LogP contribution in [0.25, 0.3) is 0 Å². The Kier molecular flexibility index (Phi) is 6.62. The Hall–Kier alpha value is -1.13. The minimum absolute atomic E-state index is 0.0644. The molecule has 1 aliphatic carbocycles. The summed E-state index contributed by atoms with van der Waals surface area (Å²) in [6.07, 6.45) is 4.17. The fourth-order valence-corrected chi connectivity index (χ4v) is 4.14. The monoisotopic (exact) mass is 316 g/mol. The Balaban J connectivity index is 2.56. The molecule has 1 fully saturated rings. The van der Waals surface area contributed by atoms with Gasteiger partial charge in [-0.25, -0.2) is 8.42 Å². The van der Waals surface area contributed by atoms with Crippen molar-refractivity contribution in [2.45, 2.75) is 57.4 Å². The van der Waals surface area contributed by atoms with E-state index in [9.17, 15) is 18.5 Å². The number of carbonyl (C=O) groups is 1. The van der Waals surface area contributed by atoms with Gasteiger partial charge in [-0.15, -0.1) is 0 Å². The van der Waals surface area contributed by atoms with Crippen LogP contribution in [0, 0.1) is 17.2 Å². The third-order valence-electron chi connectivity index (χ3n) is 4.12. The highest BCUT2D eigenvalue weighted by molar-refractivity contribution is 7.89. The highest BCUT2D eigenvalue weighted by Gasteiger charge is 2.38. The van der Waals surface area contributed by atoms with E-state index in [4.69, 9.17) is 0 Å². The van der Waals surface area contributed by atoms with Crippen LogP contribution in [0.1, 0.15) is 51.9 Å². The van der Waals surface area contributed by atoms with Gasteiger partial charge in [0.15, 0.2) is 0 Å². The first-order valence-electron chi connectivity index (χ1n) is 7.36. The van der Waals surface area contributed by atoms with Crippen molar-refractivity contribution in [3.05, 3.63) is 0 Å². The minimum Gasteiger partial charge on any atom is -0.469 e. The zero-order valence-corrected chi connectivity index (χ0v) is 13.5. The lowest BCUT2D eigenvalue weighted by molar-refractivity contribution is -0.140. The fraction of sp³-hybridized carbons (Fsp3) is 0.857. The number of nitriles is 1. The molecule has 1 saturated carbocycles. The largest absolute Gasteiger partial charge is 0.469 e. The van der Waals surface area contributed by atoms with Crippen LogP contribution in [0.2, 0.25) is 0 Å². The van der Waals surface area contributed by atoms with Gasteiger partial charge in [0, 0.05) is 6.42 Å². The molecule has 21 heavy (non-hydrogen) atoms. The zero-order chi connectivity index (χ0) is 15.9. The first-order valence-corrected chi connectivity index (χ1v) is 9.01. The van der Waals surface area contributed by atoms with Crippen molar-refractivity contribution in [1.29, 1.82) is 5.26 Å². The standard InChI is InChI=1S/C14H24N2O4S/c1-3-12-6-8-14(11-15,9-7-12)16-21(18,19)10-4-5-13(17)20-2/h12,16H,3-10H2,1-2H3. The number of rotatable bonds is 7. The van der Waals surface area contributed by atoms with E-state index in [1.165, 1.54) is 7.11 Å². The SMILES string of the molecule is CCC1CCC(C#N)(NS(=O)(=O)CCCC(=O)OC)CC1. The van der Waals surface area contributed by atoms with Gasteiger partial charge in [-0.05, 0) is 38.0 Å². The number of esters is 1. The predicted molar refractivity (Wildman–Crippen MR) is 78.8 cm³/mol. The molecule has 0 amide bonds. The summed E-state index contributed by atoms with van der Waals surface area (Å²) in [6.45, 7) is 2.11. The molecule has 0 spiro atoms. The fourth-order valence-electron chi connectivity index (χ4n) is 2.67. The van der Waals surface area contributed by atoms with Crippen LogP contribution in [0.5, 0.6) is 0 Å². The molecule has 0 aliphatic heterocycles. The molecule has 0 aromatic rings. The molecule has 0 aromatic heterocycles. The number of methoxy groups -OCH3 is 1. The van der Waals surface area contributed by atoms with Gasteiger partial charge in [0.05, 0.1) is 18.9 Å². The summed E-state index contributed by atoms with van der Waals surface area (Å²) in [7, 11) is -2.29. The molecule has 0 radical (unpaired) electrons. The molecule has 7 heteroatoms. The zero-order valence-electron chi connectivity index (χ0n) is 12.7. The van der Waals surface area contributed by atoms with E-state index in [0.717, 1.165) is 19.3 Å². The Morgan fingerprint density at radius 1 is 1.43 bits per heavy atom. The summed E-state index contributed by atoms with van der Waals surface area (Å²) < 4.78 is 31.2. The first kappa shape index (κ1) is 17.9. The van der Waals surface area contributed by atoms with Crippen molar-refractivity contribution in [3.8, 4) is 6.07 Å². The van der Waals surface area contributed by atoms with Crippen LogP contribution < -0.4 is 4.72 Å². The highest BCUT2D eigenvalue weighted by Crippen LogP contribution is 2.33. The molecular weight excluding hydrogens is 292 g/mol. The van der Waals surface area contributed by atoms with Gasteiger partial charge in [0.25, 0.3) is 0 Å². The van der Waals surface area contributed by atoms with Crippen LogP contribution in [-0.2, 0) is 19.6 Å². The van der Waals surface area contributed by atoms with Crippen molar-refractivity contribution < 1.29 is 17.9 Å². The van der Waals surface area contributed by atoms with Crippen molar-refractivity contribution in [3.63, 3.8) is 0 Å². The maximum Gasteiger partial charge on any atom is 0.305 e. The van der Waals surface area contributed by atoms with Gasteiger partial charge in [0.1, 0.15) is 5.54 Å². The molecule has 1 rings (SSSR count). The molecule has 0 heterocycles. The van der Waals surface area contributed by atoms with Crippen LogP contribution in [0.3, 0.4) is 0 Å². The highest BCUT2D eigenvalue weighted by atomic mass is 32.2. The number of nitrogens with one attached hydrogen (secondary N) is 1. The molecule has 0 aromatic carbocycles. The van der Waals surface area contributed by atoms with Crippen LogP contribution in [-0.4, -0.2) is 32.8 Å². The molecule has 1 N–H and O–H groups in total. The Morgan fingerprint density at radius 2 is 2.05 bits per heavy atom. The van der Waals surface area contributed by atoms with Crippen molar-refractivity contribution in [2.24, 2.45) is 5.92 Å². The van der Waals surface area contributed by atoms with Gasteiger partial charge < -0.3 is 4.74 Å². The molecule has 1 aliphatic rings.